The summed E-state index contributed by atoms with van der Waals surface area (Å²) < 4.78 is 5.23. The maximum Gasteiger partial charge on any atom is 0.344 e. The highest BCUT2D eigenvalue weighted by atomic mass is 32.2. The molecule has 0 spiro atoms. The summed E-state index contributed by atoms with van der Waals surface area (Å²) in [5, 5.41) is 21.6. The van der Waals surface area contributed by atoms with Crippen molar-refractivity contribution in [3.05, 3.63) is 109 Å². The van der Waals surface area contributed by atoms with Gasteiger partial charge < -0.3 is 4.74 Å². The van der Waals surface area contributed by atoms with Gasteiger partial charge in [0.25, 0.3) is 22.5 Å². The zero-order chi connectivity index (χ0) is 25.1. The van der Waals surface area contributed by atoms with Gasteiger partial charge in [0.2, 0.25) is 0 Å². The minimum Gasteiger partial charge on any atom is -0.423 e. The van der Waals surface area contributed by atoms with Crippen LogP contribution in [0.2, 0.25) is 0 Å². The number of thioether (sulfide) groups is 1. The Morgan fingerprint density at radius 1 is 0.886 bits per heavy atom. The number of nitrogens with zero attached hydrogens (tertiary/aromatic N) is 3. The number of imide groups is 1. The fraction of sp³-hybridized carbons (Fsp3) is 0. The zero-order valence-corrected chi connectivity index (χ0v) is 18.3. The quantitative estimate of drug-likeness (QED) is 0.153. The van der Waals surface area contributed by atoms with E-state index in [0.29, 0.717) is 11.3 Å². The van der Waals surface area contributed by atoms with E-state index in [2.05, 4.69) is 0 Å². The summed E-state index contributed by atoms with van der Waals surface area (Å²) in [4.78, 5) is 59.3. The summed E-state index contributed by atoms with van der Waals surface area (Å²) >= 11 is 0.760. The number of carbonyl (C=O) groups excluding carboxylic acids is 3. The Kier molecular flexibility index (Phi) is 6.38. The molecule has 12 heteroatoms. The first-order valence-corrected chi connectivity index (χ1v) is 10.6. The molecular formula is C23H13N3O8S. The fourth-order valence-corrected chi connectivity index (χ4v) is 4.02. The van der Waals surface area contributed by atoms with Crippen molar-refractivity contribution in [2.24, 2.45) is 0 Å². The van der Waals surface area contributed by atoms with E-state index in [1.54, 1.807) is 36.4 Å². The first-order chi connectivity index (χ1) is 16.7. The summed E-state index contributed by atoms with van der Waals surface area (Å²) in [6.07, 6.45) is 1.46. The zero-order valence-electron chi connectivity index (χ0n) is 17.5. The maximum absolute atomic E-state index is 12.8. The van der Waals surface area contributed by atoms with Crippen molar-refractivity contribution in [3.63, 3.8) is 0 Å². The number of anilines is 1. The van der Waals surface area contributed by atoms with Gasteiger partial charge in [-0.2, -0.15) is 0 Å². The minimum atomic E-state index is -1.04. The molecule has 1 heterocycles. The summed E-state index contributed by atoms with van der Waals surface area (Å²) in [5.74, 6) is -1.52. The Bertz CT molecular complexity index is 1390. The van der Waals surface area contributed by atoms with E-state index < -0.39 is 38.3 Å². The molecule has 35 heavy (non-hydrogen) atoms. The largest absolute Gasteiger partial charge is 0.423 e. The van der Waals surface area contributed by atoms with Crippen LogP contribution >= 0.6 is 11.8 Å². The second-order valence-corrected chi connectivity index (χ2v) is 8.06. The summed E-state index contributed by atoms with van der Waals surface area (Å²) in [6.45, 7) is 0. The van der Waals surface area contributed by atoms with E-state index in [1.807, 2.05) is 0 Å². The van der Waals surface area contributed by atoms with Crippen LogP contribution < -0.4 is 9.64 Å². The third-order valence-electron chi connectivity index (χ3n) is 4.73. The number of benzene rings is 3. The molecule has 1 saturated heterocycles. The van der Waals surface area contributed by atoms with E-state index >= 15 is 0 Å². The van der Waals surface area contributed by atoms with Crippen molar-refractivity contribution >= 4 is 52.0 Å². The first kappa shape index (κ1) is 23.3. The number of nitro groups is 2. The molecule has 0 saturated carbocycles. The highest BCUT2D eigenvalue weighted by Gasteiger charge is 2.36. The van der Waals surface area contributed by atoms with E-state index in [9.17, 15) is 34.6 Å². The lowest BCUT2D eigenvalue weighted by Crippen LogP contribution is -2.27. The number of para-hydroxylation sites is 1. The van der Waals surface area contributed by atoms with Gasteiger partial charge in [0, 0.05) is 12.1 Å². The third-order valence-corrected chi connectivity index (χ3v) is 5.60. The van der Waals surface area contributed by atoms with Gasteiger partial charge in [0.1, 0.15) is 5.75 Å². The van der Waals surface area contributed by atoms with Gasteiger partial charge in [0.15, 0.2) is 0 Å². The molecule has 2 amide bonds. The highest BCUT2D eigenvalue weighted by molar-refractivity contribution is 8.19. The molecule has 4 rings (SSSR count). The second-order valence-electron chi connectivity index (χ2n) is 7.07. The third kappa shape index (κ3) is 5.07. The maximum atomic E-state index is 12.8. The molecule has 0 radical (unpaired) electrons. The van der Waals surface area contributed by atoms with Crippen LogP contribution in [-0.4, -0.2) is 27.0 Å². The lowest BCUT2D eigenvalue weighted by Gasteiger charge is -2.11. The number of rotatable bonds is 6. The molecule has 0 atom stereocenters. The van der Waals surface area contributed by atoms with Crippen LogP contribution in [0, 0.1) is 20.2 Å². The number of carbonyl (C=O) groups is 3. The molecule has 0 aliphatic carbocycles. The van der Waals surface area contributed by atoms with Gasteiger partial charge in [-0.3, -0.25) is 29.8 Å². The molecule has 0 unspecified atom stereocenters. The Labute approximate surface area is 200 Å². The number of ether oxygens (including phenoxy) is 1. The van der Waals surface area contributed by atoms with Crippen LogP contribution in [0.4, 0.5) is 21.9 Å². The molecule has 0 N–H and O–H groups in total. The van der Waals surface area contributed by atoms with Gasteiger partial charge in [-0.15, -0.1) is 0 Å². The van der Waals surface area contributed by atoms with Crippen molar-refractivity contribution in [2.75, 3.05) is 4.90 Å². The van der Waals surface area contributed by atoms with E-state index in [-0.39, 0.29) is 16.2 Å². The SMILES string of the molecule is O=C(Oc1cccc(/C=C2/SC(=O)N(c3ccccc3)C2=O)c1)c1cc([N+](=O)[O-])cc([N+](=O)[O-])c1. The van der Waals surface area contributed by atoms with Crippen LogP contribution in [0.1, 0.15) is 15.9 Å². The number of non-ortho nitro benzene ring substituents is 2. The van der Waals surface area contributed by atoms with Gasteiger partial charge in [-0.1, -0.05) is 30.3 Å². The monoisotopic (exact) mass is 491 g/mol. The van der Waals surface area contributed by atoms with Crippen molar-refractivity contribution in [2.45, 2.75) is 0 Å². The number of hydrogen-bond acceptors (Lipinski definition) is 9. The Morgan fingerprint density at radius 3 is 2.17 bits per heavy atom. The second kappa shape index (κ2) is 9.57. The van der Waals surface area contributed by atoms with Gasteiger partial charge in [0.05, 0.1) is 32.1 Å². The summed E-state index contributed by atoms with van der Waals surface area (Å²) in [6, 6.07) is 16.9. The molecule has 3 aromatic rings. The lowest BCUT2D eigenvalue weighted by atomic mass is 10.1. The van der Waals surface area contributed by atoms with Crippen LogP contribution in [0.25, 0.3) is 6.08 Å². The number of nitro benzene ring substituents is 2. The molecule has 1 aliphatic heterocycles. The lowest BCUT2D eigenvalue weighted by molar-refractivity contribution is -0.394. The summed E-state index contributed by atoms with van der Waals surface area (Å²) in [5.41, 5.74) is -0.755. The topological polar surface area (TPSA) is 150 Å². The smallest absolute Gasteiger partial charge is 0.344 e. The molecule has 174 valence electrons. The van der Waals surface area contributed by atoms with E-state index in [1.165, 1.54) is 24.3 Å². The van der Waals surface area contributed by atoms with Gasteiger partial charge >= 0.3 is 5.97 Å². The first-order valence-electron chi connectivity index (χ1n) is 9.82. The molecule has 3 aromatic carbocycles. The van der Waals surface area contributed by atoms with Crippen LogP contribution in [0.15, 0.2) is 77.7 Å². The number of esters is 1. The average Bonchev–Trinajstić information content (AvgIpc) is 3.11. The molecule has 0 aromatic heterocycles. The number of hydrogen-bond donors (Lipinski definition) is 0. The average molecular weight is 491 g/mol. The van der Waals surface area contributed by atoms with Crippen molar-refractivity contribution in [1.82, 2.24) is 0 Å². The highest BCUT2D eigenvalue weighted by Crippen LogP contribution is 2.36. The number of amides is 2. The Balaban J connectivity index is 1.56. The van der Waals surface area contributed by atoms with E-state index in [0.717, 1.165) is 34.9 Å². The van der Waals surface area contributed by atoms with Crippen LogP contribution in [0.3, 0.4) is 0 Å². The molecule has 1 aliphatic rings. The Hall–Kier alpha value is -4.84. The molecule has 1 fully saturated rings. The standard InChI is InChI=1S/C23H13N3O8S/c27-21-20(35-23(29)24(21)16-6-2-1-3-7-16)10-14-5-4-8-19(9-14)34-22(28)15-11-17(25(30)31)13-18(12-15)26(32)33/h1-13H/b20-10+. The normalized spacial score (nSPS) is 14.3. The predicted molar refractivity (Wildman–Crippen MR) is 126 cm³/mol. The molecule has 11 nitrogen and oxygen atoms in total. The molecule has 0 bridgehead atoms. The van der Waals surface area contributed by atoms with Gasteiger partial charge in [-0.05, 0) is 47.7 Å². The van der Waals surface area contributed by atoms with Crippen LogP contribution in [-0.2, 0) is 4.79 Å². The van der Waals surface area contributed by atoms with Gasteiger partial charge in [-0.25, -0.2) is 9.69 Å². The van der Waals surface area contributed by atoms with Crippen molar-refractivity contribution in [3.8, 4) is 5.75 Å². The molecular weight excluding hydrogens is 478 g/mol. The minimum absolute atomic E-state index is 0.0280. The fourth-order valence-electron chi connectivity index (χ4n) is 3.18. The Morgan fingerprint density at radius 2 is 1.54 bits per heavy atom. The predicted octanol–water partition coefficient (Wildman–Crippen LogP) is 4.96. The van der Waals surface area contributed by atoms with Crippen molar-refractivity contribution in [1.29, 1.82) is 0 Å². The van der Waals surface area contributed by atoms with Crippen LogP contribution in [0.5, 0.6) is 5.75 Å². The summed E-state index contributed by atoms with van der Waals surface area (Å²) in [7, 11) is 0. The van der Waals surface area contributed by atoms with E-state index in [4.69, 9.17) is 4.74 Å². The van der Waals surface area contributed by atoms with Crippen molar-refractivity contribution < 1.29 is 29.0 Å².